The lowest BCUT2D eigenvalue weighted by atomic mass is 9.49. The van der Waals surface area contributed by atoms with E-state index in [0.717, 1.165) is 37.8 Å². The van der Waals surface area contributed by atoms with Gasteiger partial charge in [-0.25, -0.2) is 4.79 Å². The van der Waals surface area contributed by atoms with Crippen LogP contribution in [0.2, 0.25) is 0 Å². The van der Waals surface area contributed by atoms with Crippen molar-refractivity contribution in [2.24, 2.45) is 34.5 Å². The van der Waals surface area contributed by atoms with Gasteiger partial charge in [0.1, 0.15) is 5.60 Å². The summed E-state index contributed by atoms with van der Waals surface area (Å²) in [6.07, 6.45) is 7.21. The van der Waals surface area contributed by atoms with E-state index in [1.54, 1.807) is 11.0 Å². The number of hydrogen-bond donors (Lipinski definition) is 1. The zero-order valence-electron chi connectivity index (χ0n) is 18.7. The van der Waals surface area contributed by atoms with Crippen molar-refractivity contribution in [1.29, 1.82) is 0 Å². The summed E-state index contributed by atoms with van der Waals surface area (Å²) in [6.45, 7) is 11.2. The van der Waals surface area contributed by atoms with Crippen LogP contribution in [0.3, 0.4) is 0 Å². The van der Waals surface area contributed by atoms with Crippen LogP contribution in [0.25, 0.3) is 0 Å². The van der Waals surface area contributed by atoms with Crippen molar-refractivity contribution < 1.29 is 19.4 Å². The van der Waals surface area contributed by atoms with E-state index in [4.69, 9.17) is 4.74 Å². The van der Waals surface area contributed by atoms with Gasteiger partial charge in [-0.05, 0) is 82.0 Å². The third-order valence-corrected chi connectivity index (χ3v) is 8.74. The van der Waals surface area contributed by atoms with E-state index >= 15 is 0 Å². The normalized spacial score (nSPS) is 41.9. The molecule has 29 heavy (non-hydrogen) atoms. The highest BCUT2D eigenvalue weighted by atomic mass is 16.6. The highest BCUT2D eigenvalue weighted by Crippen LogP contribution is 2.65. The van der Waals surface area contributed by atoms with Gasteiger partial charge >= 0.3 is 6.09 Å². The van der Waals surface area contributed by atoms with Gasteiger partial charge in [-0.2, -0.15) is 0 Å². The topological polar surface area (TPSA) is 66.8 Å². The molecule has 2 saturated carbocycles. The van der Waals surface area contributed by atoms with Crippen molar-refractivity contribution in [3.63, 3.8) is 0 Å². The van der Waals surface area contributed by atoms with Gasteiger partial charge in [0.2, 0.25) is 0 Å². The fourth-order valence-electron chi connectivity index (χ4n) is 7.20. The molecule has 0 radical (unpaired) electrons. The van der Waals surface area contributed by atoms with Gasteiger partial charge in [-0.15, -0.1) is 0 Å². The Labute approximate surface area is 174 Å². The molecule has 0 aromatic rings. The predicted molar refractivity (Wildman–Crippen MR) is 111 cm³/mol. The molecule has 0 aromatic heterocycles. The summed E-state index contributed by atoms with van der Waals surface area (Å²) in [4.78, 5) is 27.3. The second kappa shape index (κ2) is 6.83. The second-order valence-electron chi connectivity index (χ2n) is 11.4. The van der Waals surface area contributed by atoms with E-state index in [1.165, 1.54) is 0 Å². The summed E-state index contributed by atoms with van der Waals surface area (Å²) >= 11 is 0. The Morgan fingerprint density at radius 1 is 1.21 bits per heavy atom. The Kier molecular flexibility index (Phi) is 4.92. The zero-order valence-corrected chi connectivity index (χ0v) is 18.7. The molecule has 3 aliphatic carbocycles. The van der Waals surface area contributed by atoms with E-state index in [-0.39, 0.29) is 29.3 Å². The Hall–Kier alpha value is -1.36. The molecule has 3 fully saturated rings. The summed E-state index contributed by atoms with van der Waals surface area (Å²) in [6, 6.07) is 0. The van der Waals surface area contributed by atoms with Gasteiger partial charge in [0, 0.05) is 36.8 Å². The van der Waals surface area contributed by atoms with E-state index in [2.05, 4.69) is 13.8 Å². The highest BCUT2D eigenvalue weighted by molar-refractivity contribution is 5.92. The molecule has 0 aromatic carbocycles. The molecule has 0 bridgehead atoms. The number of allylic oxidation sites excluding steroid dienone is 2. The molecular weight excluding hydrogens is 366 g/mol. The molecule has 0 spiro atoms. The number of ketones is 1. The molecule has 1 heterocycles. The summed E-state index contributed by atoms with van der Waals surface area (Å²) < 4.78 is 5.76. The van der Waals surface area contributed by atoms with Gasteiger partial charge < -0.3 is 9.84 Å². The van der Waals surface area contributed by atoms with Gasteiger partial charge in [-0.1, -0.05) is 13.8 Å². The number of aliphatic hydroxyl groups is 1. The molecule has 1 N–H and O–H groups in total. The number of rotatable bonds is 1. The first-order chi connectivity index (χ1) is 13.5. The molecule has 1 unspecified atom stereocenters. The van der Waals surface area contributed by atoms with Crippen LogP contribution in [0.4, 0.5) is 4.79 Å². The lowest BCUT2D eigenvalue weighted by Crippen LogP contribution is -2.59. The zero-order chi connectivity index (χ0) is 21.2. The van der Waals surface area contributed by atoms with E-state index in [0.29, 0.717) is 36.6 Å². The smallest absolute Gasteiger partial charge is 0.414 e. The predicted octanol–water partition coefficient (Wildman–Crippen LogP) is 4.54. The maximum Gasteiger partial charge on any atom is 0.414 e. The number of nitrogens with zero attached hydrogens (tertiary/aromatic N) is 1. The molecule has 1 amide bonds. The van der Waals surface area contributed by atoms with Gasteiger partial charge in [-0.3, -0.25) is 9.69 Å². The number of piperidine rings is 1. The molecular formula is C24H37NO4. The molecule has 5 heteroatoms. The lowest BCUT2D eigenvalue weighted by Gasteiger charge is -2.60. The van der Waals surface area contributed by atoms with Crippen molar-refractivity contribution >= 4 is 11.9 Å². The lowest BCUT2D eigenvalue weighted by molar-refractivity contribution is -0.119. The third-order valence-electron chi connectivity index (χ3n) is 8.74. The molecule has 4 aliphatic rings. The Morgan fingerprint density at radius 3 is 2.59 bits per heavy atom. The van der Waals surface area contributed by atoms with Crippen LogP contribution < -0.4 is 0 Å². The molecule has 4 rings (SSSR count). The standard InChI is InChI=1S/C24H37NO4/c1-22(2,3)29-21(28)25-13-17-18-7-6-15(14-26)23(18,4)11-9-19(17)24(5)10-8-16(27)12-20(24)25/h12,15,17-19,26H,6-11,13-14H2,1-5H3/t15?,17-,18-,19+,23+,24+/m0/s1. The summed E-state index contributed by atoms with van der Waals surface area (Å²) in [5.74, 6) is 1.87. The molecule has 1 aliphatic heterocycles. The number of aliphatic hydroxyl groups excluding tert-OH is 1. The highest BCUT2D eigenvalue weighted by Gasteiger charge is 2.61. The number of hydrogen-bond acceptors (Lipinski definition) is 4. The second-order valence-corrected chi connectivity index (χ2v) is 11.4. The number of carbonyl (C=O) groups is 2. The Balaban J connectivity index is 1.73. The van der Waals surface area contributed by atoms with Crippen LogP contribution in [-0.2, 0) is 9.53 Å². The number of likely N-dealkylation sites (tertiary alicyclic amines) is 1. The average Bonchev–Trinajstić information content (AvgIpc) is 2.97. The minimum atomic E-state index is -0.569. The average molecular weight is 404 g/mol. The van der Waals surface area contributed by atoms with E-state index < -0.39 is 5.60 Å². The van der Waals surface area contributed by atoms with Gasteiger partial charge in [0.05, 0.1) is 0 Å². The van der Waals surface area contributed by atoms with Crippen LogP contribution in [-0.4, -0.2) is 40.6 Å². The van der Waals surface area contributed by atoms with Crippen molar-refractivity contribution in [3.8, 4) is 0 Å². The fraction of sp³-hybridized carbons (Fsp3) is 0.833. The molecule has 5 nitrogen and oxygen atoms in total. The fourth-order valence-corrected chi connectivity index (χ4v) is 7.20. The number of amides is 1. The maximum absolute atomic E-state index is 13.2. The Bertz CT molecular complexity index is 738. The SMILES string of the molecule is CC(C)(C)OC(=O)N1C[C@@H]2[C@@H](CC[C@]3(C)C(CO)CC[C@@H]23)[C@@]2(C)CCC(=O)C=C12. The largest absolute Gasteiger partial charge is 0.443 e. The van der Waals surface area contributed by atoms with Crippen molar-refractivity contribution in [1.82, 2.24) is 4.90 Å². The van der Waals surface area contributed by atoms with Gasteiger partial charge in [0.25, 0.3) is 0 Å². The van der Waals surface area contributed by atoms with Crippen LogP contribution in [0.5, 0.6) is 0 Å². The first-order valence-electron chi connectivity index (χ1n) is 11.4. The quantitative estimate of drug-likeness (QED) is 0.698. The molecule has 6 atom stereocenters. The maximum atomic E-state index is 13.2. The van der Waals surface area contributed by atoms with E-state index in [9.17, 15) is 14.7 Å². The molecule has 1 saturated heterocycles. The molecule has 162 valence electrons. The minimum Gasteiger partial charge on any atom is -0.443 e. The van der Waals surface area contributed by atoms with Crippen LogP contribution in [0.1, 0.15) is 73.1 Å². The monoisotopic (exact) mass is 403 g/mol. The number of ether oxygens (including phenoxy) is 1. The number of carbonyl (C=O) groups excluding carboxylic acids is 2. The first-order valence-corrected chi connectivity index (χ1v) is 11.4. The summed E-state index contributed by atoms with van der Waals surface area (Å²) in [5.41, 5.74) is 0.300. The third kappa shape index (κ3) is 3.24. The van der Waals surface area contributed by atoms with Crippen LogP contribution >= 0.6 is 0 Å². The van der Waals surface area contributed by atoms with E-state index in [1.807, 2.05) is 20.8 Å². The Morgan fingerprint density at radius 2 is 1.93 bits per heavy atom. The van der Waals surface area contributed by atoms with Crippen molar-refractivity contribution in [3.05, 3.63) is 11.8 Å². The van der Waals surface area contributed by atoms with Gasteiger partial charge in [0.15, 0.2) is 5.78 Å². The minimum absolute atomic E-state index is 0.117. The van der Waals surface area contributed by atoms with Crippen LogP contribution in [0.15, 0.2) is 11.8 Å². The van der Waals surface area contributed by atoms with Crippen molar-refractivity contribution in [2.45, 2.75) is 78.7 Å². The summed E-state index contributed by atoms with van der Waals surface area (Å²) in [5, 5.41) is 9.97. The number of fused-ring (bicyclic) bond motifs is 5. The first kappa shape index (κ1) is 20.9. The van der Waals surface area contributed by atoms with Crippen molar-refractivity contribution in [2.75, 3.05) is 13.2 Å². The van der Waals surface area contributed by atoms with Crippen LogP contribution in [0, 0.1) is 34.5 Å². The summed E-state index contributed by atoms with van der Waals surface area (Å²) in [7, 11) is 0.